The predicted molar refractivity (Wildman–Crippen MR) is 93.0 cm³/mol. The van der Waals surface area contributed by atoms with Gasteiger partial charge >= 0.3 is 0 Å². The van der Waals surface area contributed by atoms with Crippen molar-refractivity contribution >= 4 is 5.82 Å². The smallest absolute Gasteiger partial charge is 0.220 e. The molecule has 1 fully saturated rings. The highest BCUT2D eigenvalue weighted by Crippen LogP contribution is 2.30. The Morgan fingerprint density at radius 2 is 2.00 bits per heavy atom. The molecule has 1 atom stereocenters. The van der Waals surface area contributed by atoms with E-state index in [4.69, 9.17) is 0 Å². The summed E-state index contributed by atoms with van der Waals surface area (Å²) in [6.07, 6.45) is 5.27. The van der Waals surface area contributed by atoms with E-state index < -0.39 is 0 Å². The predicted octanol–water partition coefficient (Wildman–Crippen LogP) is 1.88. The van der Waals surface area contributed by atoms with E-state index in [-0.39, 0.29) is 12.0 Å². The van der Waals surface area contributed by atoms with Crippen LogP contribution in [0.4, 0.5) is 5.82 Å². The van der Waals surface area contributed by atoms with Gasteiger partial charge in [0.1, 0.15) is 5.82 Å². The molecule has 3 aromatic rings. The van der Waals surface area contributed by atoms with Crippen LogP contribution in [0.2, 0.25) is 0 Å². The highest BCUT2D eigenvalue weighted by molar-refractivity contribution is 5.70. The van der Waals surface area contributed by atoms with E-state index in [1.165, 1.54) is 6.20 Å². The van der Waals surface area contributed by atoms with Crippen LogP contribution in [0.1, 0.15) is 6.42 Å². The van der Waals surface area contributed by atoms with Crippen LogP contribution in [0.15, 0.2) is 48.9 Å². The minimum absolute atomic E-state index is 0.0780. The minimum Gasteiger partial charge on any atom is -0.493 e. The third-order valence-corrected chi connectivity index (χ3v) is 4.18. The molecule has 0 amide bonds. The quantitative estimate of drug-likeness (QED) is 0.754. The summed E-state index contributed by atoms with van der Waals surface area (Å²) in [5.74, 6) is 1.15. The fourth-order valence-corrected chi connectivity index (χ4v) is 2.91. The van der Waals surface area contributed by atoms with Crippen molar-refractivity contribution < 1.29 is 10.2 Å². The average Bonchev–Trinajstić information content (AvgIpc) is 3.09. The van der Waals surface area contributed by atoms with Crippen molar-refractivity contribution in [2.24, 2.45) is 0 Å². The van der Waals surface area contributed by atoms with Gasteiger partial charge in [0.25, 0.3) is 0 Å². The molecular weight excluding hydrogens is 318 g/mol. The number of anilines is 1. The molecule has 1 aliphatic heterocycles. The largest absolute Gasteiger partial charge is 0.493 e. The molecule has 0 spiro atoms. The maximum absolute atomic E-state index is 10.1. The molecule has 126 valence electrons. The maximum atomic E-state index is 10.1. The van der Waals surface area contributed by atoms with Crippen molar-refractivity contribution in [3.63, 3.8) is 0 Å². The Labute approximate surface area is 144 Å². The van der Waals surface area contributed by atoms with Gasteiger partial charge in [-0.15, -0.1) is 0 Å². The first-order valence-corrected chi connectivity index (χ1v) is 8.07. The summed E-state index contributed by atoms with van der Waals surface area (Å²) in [7, 11) is 0. The van der Waals surface area contributed by atoms with Crippen molar-refractivity contribution in [3.8, 4) is 28.5 Å². The molecule has 25 heavy (non-hydrogen) atoms. The number of hydrogen-bond acceptors (Lipinski definition) is 7. The van der Waals surface area contributed by atoms with Gasteiger partial charge in [-0.05, 0) is 30.7 Å². The fourth-order valence-electron chi connectivity index (χ4n) is 2.91. The Hall–Kier alpha value is -3.06. The van der Waals surface area contributed by atoms with Crippen LogP contribution >= 0.6 is 0 Å². The van der Waals surface area contributed by atoms with E-state index in [1.54, 1.807) is 24.5 Å². The van der Waals surface area contributed by atoms with Crippen LogP contribution in [-0.4, -0.2) is 49.3 Å². The fraction of sp³-hybridized carbons (Fsp3) is 0.222. The first-order valence-electron chi connectivity index (χ1n) is 8.07. The average molecular weight is 335 g/mol. The van der Waals surface area contributed by atoms with E-state index in [9.17, 15) is 10.2 Å². The number of rotatable bonds is 3. The van der Waals surface area contributed by atoms with Gasteiger partial charge < -0.3 is 15.1 Å². The molecule has 0 saturated carbocycles. The van der Waals surface area contributed by atoms with Gasteiger partial charge in [0.15, 0.2) is 5.82 Å². The first-order chi connectivity index (χ1) is 12.2. The molecule has 4 rings (SSSR count). The maximum Gasteiger partial charge on any atom is 0.220 e. The Bertz CT molecular complexity index is 888. The second kappa shape index (κ2) is 6.45. The highest BCUT2D eigenvalue weighted by atomic mass is 16.3. The first kappa shape index (κ1) is 15.5. The van der Waals surface area contributed by atoms with Crippen molar-refractivity contribution in [2.45, 2.75) is 12.5 Å². The number of aromatic hydroxyl groups is 1. The lowest BCUT2D eigenvalue weighted by Gasteiger charge is -2.18. The number of aromatic nitrogens is 4. The lowest BCUT2D eigenvalue weighted by Crippen LogP contribution is -2.22. The molecule has 3 aromatic heterocycles. The third-order valence-electron chi connectivity index (χ3n) is 4.18. The van der Waals surface area contributed by atoms with Crippen LogP contribution in [0.3, 0.4) is 0 Å². The van der Waals surface area contributed by atoms with Gasteiger partial charge in [-0.25, -0.2) is 15.0 Å². The second-order valence-electron chi connectivity index (χ2n) is 5.94. The molecule has 0 aromatic carbocycles. The molecule has 7 heteroatoms. The van der Waals surface area contributed by atoms with Crippen LogP contribution in [0, 0.1) is 0 Å². The summed E-state index contributed by atoms with van der Waals surface area (Å²) in [5, 5.41) is 19.9. The molecule has 2 N–H and O–H groups in total. The van der Waals surface area contributed by atoms with Crippen molar-refractivity contribution in [1.29, 1.82) is 0 Å². The van der Waals surface area contributed by atoms with E-state index in [0.29, 0.717) is 35.9 Å². The van der Waals surface area contributed by atoms with Crippen molar-refractivity contribution in [3.05, 3.63) is 48.9 Å². The molecule has 0 aliphatic carbocycles. The van der Waals surface area contributed by atoms with E-state index >= 15 is 0 Å². The zero-order chi connectivity index (χ0) is 17.2. The Morgan fingerprint density at radius 1 is 1.12 bits per heavy atom. The normalized spacial score (nSPS) is 17.0. The van der Waals surface area contributed by atoms with Gasteiger partial charge in [-0.1, -0.05) is 0 Å². The minimum atomic E-state index is -0.355. The molecule has 0 unspecified atom stereocenters. The number of nitrogens with zero attached hydrogens (tertiary/aromatic N) is 5. The standard InChI is InChI=1S/C18H17N5O2/c24-13-5-8-23(11-13)16-9-15(14-4-2-7-20-18(14)25)21-17(22-16)12-3-1-6-19-10-12/h1-4,6-7,9-10,13,24H,5,8,11H2,(H,20,25)/t13-/m0/s1. The lowest BCUT2D eigenvalue weighted by molar-refractivity contribution is 0.198. The summed E-state index contributed by atoms with van der Waals surface area (Å²) >= 11 is 0. The summed E-state index contributed by atoms with van der Waals surface area (Å²) < 4.78 is 0. The van der Waals surface area contributed by atoms with Crippen molar-refractivity contribution in [2.75, 3.05) is 18.0 Å². The summed E-state index contributed by atoms with van der Waals surface area (Å²) in [5.41, 5.74) is 1.90. The Balaban J connectivity index is 1.85. The topological polar surface area (TPSA) is 95.3 Å². The van der Waals surface area contributed by atoms with Gasteiger partial charge in [0.05, 0.1) is 17.4 Å². The monoisotopic (exact) mass is 335 g/mol. The summed E-state index contributed by atoms with van der Waals surface area (Å²) in [4.78, 5) is 19.3. The van der Waals surface area contributed by atoms with Crippen LogP contribution in [0.5, 0.6) is 5.88 Å². The summed E-state index contributed by atoms with van der Waals surface area (Å²) in [6, 6.07) is 9.04. The van der Waals surface area contributed by atoms with E-state index in [2.05, 4.69) is 19.9 Å². The molecular formula is C18H17N5O2. The van der Waals surface area contributed by atoms with Gasteiger partial charge in [-0.2, -0.15) is 0 Å². The van der Waals surface area contributed by atoms with Gasteiger partial charge in [-0.3, -0.25) is 4.98 Å². The number of hydrogen-bond donors (Lipinski definition) is 2. The van der Waals surface area contributed by atoms with E-state index in [1.807, 2.05) is 23.1 Å². The number of aliphatic hydroxyl groups is 1. The molecule has 0 radical (unpaired) electrons. The molecule has 4 heterocycles. The second-order valence-corrected chi connectivity index (χ2v) is 5.94. The Kier molecular flexibility index (Phi) is 3.99. The SMILES string of the molecule is Oc1ncccc1-c1cc(N2CC[C@H](O)C2)nc(-c2cccnc2)n1. The number of pyridine rings is 2. The zero-order valence-electron chi connectivity index (χ0n) is 13.4. The molecule has 0 bridgehead atoms. The molecule has 1 saturated heterocycles. The molecule has 1 aliphatic rings. The molecule has 7 nitrogen and oxygen atoms in total. The van der Waals surface area contributed by atoms with Crippen LogP contribution < -0.4 is 4.90 Å². The zero-order valence-corrected chi connectivity index (χ0v) is 13.4. The van der Waals surface area contributed by atoms with Gasteiger partial charge in [0, 0.05) is 43.3 Å². The van der Waals surface area contributed by atoms with E-state index in [0.717, 1.165) is 12.1 Å². The van der Waals surface area contributed by atoms with Crippen LogP contribution in [-0.2, 0) is 0 Å². The van der Waals surface area contributed by atoms with Crippen LogP contribution in [0.25, 0.3) is 22.6 Å². The lowest BCUT2D eigenvalue weighted by atomic mass is 10.1. The number of β-amino-alcohol motifs (C(OH)–C–C–N with tert-alkyl or cyclic N) is 1. The van der Waals surface area contributed by atoms with Gasteiger partial charge in [0.2, 0.25) is 5.88 Å². The Morgan fingerprint density at radius 3 is 2.72 bits per heavy atom. The number of aliphatic hydroxyl groups excluding tert-OH is 1. The third kappa shape index (κ3) is 3.14. The summed E-state index contributed by atoms with van der Waals surface area (Å²) in [6.45, 7) is 1.26. The van der Waals surface area contributed by atoms with Crippen molar-refractivity contribution in [1.82, 2.24) is 19.9 Å². The highest BCUT2D eigenvalue weighted by Gasteiger charge is 2.23.